The first kappa shape index (κ1) is 16.1. The minimum atomic E-state index is -3.08. The van der Waals surface area contributed by atoms with Gasteiger partial charge in [0.2, 0.25) is 10.0 Å². The summed E-state index contributed by atoms with van der Waals surface area (Å²) in [6.07, 6.45) is 3.23. The average molecular weight is 382 g/mol. The van der Waals surface area contributed by atoms with Gasteiger partial charge in [0.05, 0.1) is 15.8 Å². The van der Waals surface area contributed by atoms with E-state index >= 15 is 0 Å². The molecule has 1 N–H and O–H groups in total. The van der Waals surface area contributed by atoms with Crippen LogP contribution in [0.25, 0.3) is 0 Å². The lowest BCUT2D eigenvalue weighted by Crippen LogP contribution is -2.41. The molecule has 1 heterocycles. The fourth-order valence-electron chi connectivity index (χ4n) is 2.39. The molecule has 0 aromatic heterocycles. The van der Waals surface area contributed by atoms with E-state index in [4.69, 9.17) is 11.6 Å². The minimum absolute atomic E-state index is 0.323. The van der Waals surface area contributed by atoms with Gasteiger partial charge in [0.1, 0.15) is 0 Å². The van der Waals surface area contributed by atoms with Gasteiger partial charge in [-0.05, 0) is 46.8 Å². The van der Waals surface area contributed by atoms with Crippen LogP contribution in [0, 0.1) is 5.92 Å². The summed E-state index contributed by atoms with van der Waals surface area (Å²) in [5, 5.41) is 4.01. The van der Waals surface area contributed by atoms with Gasteiger partial charge in [-0.25, -0.2) is 12.7 Å². The number of anilines is 1. The van der Waals surface area contributed by atoms with Gasteiger partial charge in [0.15, 0.2) is 0 Å². The molecule has 112 valence electrons. The third kappa shape index (κ3) is 4.10. The highest BCUT2D eigenvalue weighted by atomic mass is 79.9. The molecule has 0 aliphatic carbocycles. The van der Waals surface area contributed by atoms with E-state index in [2.05, 4.69) is 21.2 Å². The van der Waals surface area contributed by atoms with Crippen molar-refractivity contribution in [2.24, 2.45) is 5.92 Å². The van der Waals surface area contributed by atoms with Crippen LogP contribution in [-0.2, 0) is 10.0 Å². The van der Waals surface area contributed by atoms with Crippen LogP contribution in [-0.4, -0.2) is 38.6 Å². The number of nitrogens with one attached hydrogen (secondary N) is 1. The van der Waals surface area contributed by atoms with E-state index in [9.17, 15) is 8.42 Å². The third-order valence-electron chi connectivity index (χ3n) is 3.48. The highest BCUT2D eigenvalue weighted by molar-refractivity contribution is 9.10. The summed E-state index contributed by atoms with van der Waals surface area (Å²) in [4.78, 5) is 0. The molecule has 1 aromatic rings. The predicted molar refractivity (Wildman–Crippen MR) is 86.8 cm³/mol. The zero-order valence-corrected chi connectivity index (χ0v) is 14.4. The molecule has 1 unspecified atom stereocenters. The highest BCUT2D eigenvalue weighted by Gasteiger charge is 2.25. The Labute approximate surface area is 133 Å². The maximum atomic E-state index is 11.6. The molecule has 4 nitrogen and oxygen atoms in total. The first-order valence-corrected chi connectivity index (χ1v) is 9.53. The van der Waals surface area contributed by atoms with E-state index in [-0.39, 0.29) is 0 Å². The SMILES string of the molecule is CS(=O)(=O)N1CCCC(CNc2cccc(Cl)c2Br)C1. The maximum Gasteiger partial charge on any atom is 0.211 e. The number of halogens is 2. The monoisotopic (exact) mass is 380 g/mol. The van der Waals surface area contributed by atoms with Gasteiger partial charge in [-0.3, -0.25) is 0 Å². The molecular weight excluding hydrogens is 364 g/mol. The van der Waals surface area contributed by atoms with Crippen LogP contribution < -0.4 is 5.32 Å². The lowest BCUT2D eigenvalue weighted by atomic mass is 9.99. The van der Waals surface area contributed by atoms with Gasteiger partial charge in [-0.15, -0.1) is 0 Å². The first-order valence-electron chi connectivity index (χ1n) is 6.51. The lowest BCUT2D eigenvalue weighted by Gasteiger charge is -2.31. The number of nitrogens with zero attached hydrogens (tertiary/aromatic N) is 1. The predicted octanol–water partition coefficient (Wildman–Crippen LogP) is 3.19. The van der Waals surface area contributed by atoms with Crippen LogP contribution in [0.15, 0.2) is 22.7 Å². The number of hydrogen-bond acceptors (Lipinski definition) is 3. The van der Waals surface area contributed by atoms with Gasteiger partial charge in [-0.1, -0.05) is 17.7 Å². The number of hydrogen-bond donors (Lipinski definition) is 1. The topological polar surface area (TPSA) is 49.4 Å². The summed E-state index contributed by atoms with van der Waals surface area (Å²) in [7, 11) is -3.08. The van der Waals surface area contributed by atoms with Crippen LogP contribution in [0.1, 0.15) is 12.8 Å². The molecule has 2 rings (SSSR count). The Bertz CT molecular complexity index is 580. The van der Waals surface area contributed by atoms with Crippen molar-refractivity contribution in [3.8, 4) is 0 Å². The van der Waals surface area contributed by atoms with E-state index < -0.39 is 10.0 Å². The average Bonchev–Trinajstić information content (AvgIpc) is 2.40. The zero-order chi connectivity index (χ0) is 14.8. The molecule has 20 heavy (non-hydrogen) atoms. The molecular formula is C13H18BrClN2O2S. The molecule has 1 atom stereocenters. The standard InChI is InChI=1S/C13H18BrClN2O2S/c1-20(18,19)17-7-3-4-10(9-17)8-16-12-6-2-5-11(15)13(12)14/h2,5-6,10,16H,3-4,7-9H2,1H3. The summed E-state index contributed by atoms with van der Waals surface area (Å²) < 4.78 is 25.6. The van der Waals surface area contributed by atoms with Crippen LogP contribution in [0.3, 0.4) is 0 Å². The molecule has 1 aliphatic rings. The maximum absolute atomic E-state index is 11.6. The van der Waals surface area contributed by atoms with Crippen molar-refractivity contribution >= 4 is 43.2 Å². The molecule has 1 saturated heterocycles. The van der Waals surface area contributed by atoms with E-state index in [0.29, 0.717) is 24.0 Å². The lowest BCUT2D eigenvalue weighted by molar-refractivity contribution is 0.277. The smallest absolute Gasteiger partial charge is 0.211 e. The van der Waals surface area contributed by atoms with Crippen molar-refractivity contribution in [1.82, 2.24) is 4.31 Å². The minimum Gasteiger partial charge on any atom is -0.384 e. The van der Waals surface area contributed by atoms with Crippen molar-refractivity contribution in [2.75, 3.05) is 31.2 Å². The Kier molecular flexibility index (Phi) is 5.34. The van der Waals surface area contributed by atoms with Crippen molar-refractivity contribution in [2.45, 2.75) is 12.8 Å². The molecule has 1 fully saturated rings. The Morgan fingerprint density at radius 3 is 2.95 bits per heavy atom. The van der Waals surface area contributed by atoms with E-state index in [1.54, 1.807) is 4.31 Å². The van der Waals surface area contributed by atoms with Crippen LogP contribution in [0.5, 0.6) is 0 Å². The Morgan fingerprint density at radius 2 is 2.25 bits per heavy atom. The molecule has 0 spiro atoms. The quantitative estimate of drug-likeness (QED) is 0.871. The number of rotatable bonds is 4. The Hall–Kier alpha value is -0.300. The molecule has 0 radical (unpaired) electrons. The van der Waals surface area contributed by atoms with Crippen molar-refractivity contribution < 1.29 is 8.42 Å². The normalized spacial score (nSPS) is 20.9. The molecule has 1 aliphatic heterocycles. The van der Waals surface area contributed by atoms with Crippen molar-refractivity contribution in [1.29, 1.82) is 0 Å². The molecule has 1 aromatic carbocycles. The van der Waals surface area contributed by atoms with Crippen molar-refractivity contribution in [3.63, 3.8) is 0 Å². The molecule has 0 amide bonds. The Morgan fingerprint density at radius 1 is 1.50 bits per heavy atom. The second-order valence-electron chi connectivity index (χ2n) is 5.11. The number of sulfonamides is 1. The van der Waals surface area contributed by atoms with Gasteiger partial charge >= 0.3 is 0 Å². The van der Waals surface area contributed by atoms with Gasteiger partial charge in [-0.2, -0.15) is 0 Å². The summed E-state index contributed by atoms with van der Waals surface area (Å²) in [5.74, 6) is 0.323. The largest absolute Gasteiger partial charge is 0.384 e. The summed E-state index contributed by atoms with van der Waals surface area (Å²) >= 11 is 9.49. The molecule has 7 heteroatoms. The summed E-state index contributed by atoms with van der Waals surface area (Å²) in [6.45, 7) is 1.96. The number of piperidine rings is 1. The first-order chi connectivity index (χ1) is 9.38. The molecule has 0 saturated carbocycles. The molecule has 0 bridgehead atoms. The second kappa shape index (κ2) is 6.64. The fraction of sp³-hybridized carbons (Fsp3) is 0.538. The fourth-order valence-corrected chi connectivity index (χ4v) is 3.91. The summed E-state index contributed by atoms with van der Waals surface area (Å²) in [6, 6.07) is 5.66. The highest BCUT2D eigenvalue weighted by Crippen LogP contribution is 2.30. The Balaban J connectivity index is 1.95. The third-order valence-corrected chi connectivity index (χ3v) is 6.15. The zero-order valence-electron chi connectivity index (χ0n) is 11.3. The van der Waals surface area contributed by atoms with Crippen molar-refractivity contribution in [3.05, 3.63) is 27.7 Å². The van der Waals surface area contributed by atoms with Crippen LogP contribution >= 0.6 is 27.5 Å². The number of benzene rings is 1. The van der Waals surface area contributed by atoms with E-state index in [1.807, 2.05) is 18.2 Å². The van der Waals surface area contributed by atoms with E-state index in [0.717, 1.165) is 29.5 Å². The summed E-state index contributed by atoms with van der Waals surface area (Å²) in [5.41, 5.74) is 0.939. The second-order valence-corrected chi connectivity index (χ2v) is 8.29. The van der Waals surface area contributed by atoms with Gasteiger partial charge in [0, 0.05) is 25.3 Å². The van der Waals surface area contributed by atoms with Gasteiger partial charge < -0.3 is 5.32 Å². The van der Waals surface area contributed by atoms with Gasteiger partial charge in [0.25, 0.3) is 0 Å². The van der Waals surface area contributed by atoms with Crippen LogP contribution in [0.4, 0.5) is 5.69 Å². The van der Waals surface area contributed by atoms with Crippen LogP contribution in [0.2, 0.25) is 5.02 Å². The van der Waals surface area contributed by atoms with E-state index in [1.165, 1.54) is 6.26 Å².